The Morgan fingerprint density at radius 1 is 1.00 bits per heavy atom. The van der Waals surface area contributed by atoms with Crippen molar-refractivity contribution in [1.82, 2.24) is 0 Å². The van der Waals surface area contributed by atoms with Gasteiger partial charge >= 0.3 is 11.9 Å². The fourth-order valence-corrected chi connectivity index (χ4v) is 5.71. The molecule has 2 aliphatic rings. The second-order valence-corrected chi connectivity index (χ2v) is 11.1. The molecule has 0 fully saturated rings. The van der Waals surface area contributed by atoms with E-state index in [2.05, 4.69) is 55.5 Å². The van der Waals surface area contributed by atoms with Crippen LogP contribution >= 0.6 is 0 Å². The van der Waals surface area contributed by atoms with Crippen LogP contribution in [-0.4, -0.2) is 33.5 Å². The van der Waals surface area contributed by atoms with E-state index in [4.69, 9.17) is 0 Å². The van der Waals surface area contributed by atoms with Crippen LogP contribution in [0.3, 0.4) is 0 Å². The molecule has 0 saturated carbocycles. The summed E-state index contributed by atoms with van der Waals surface area (Å²) in [5, 5.41) is 30.3. The lowest BCUT2D eigenvalue weighted by Crippen LogP contribution is -2.28. The number of hydrazone groups is 2. The molecule has 38 heavy (non-hydrogen) atoms. The number of amides is 1. The Labute approximate surface area is 221 Å². The molecule has 0 spiro atoms. The van der Waals surface area contributed by atoms with Gasteiger partial charge in [-0.1, -0.05) is 58.0 Å². The molecular weight excluding hydrogens is 480 g/mol. The largest absolute Gasteiger partial charge is 0.505 e. The van der Waals surface area contributed by atoms with Gasteiger partial charge in [0.25, 0.3) is 0 Å². The summed E-state index contributed by atoms with van der Waals surface area (Å²) >= 11 is 0. The molecule has 3 aromatic rings. The summed E-state index contributed by atoms with van der Waals surface area (Å²) in [5.74, 6) is -1.53. The Balaban J connectivity index is 1.41. The van der Waals surface area contributed by atoms with E-state index in [9.17, 15) is 19.8 Å². The topological polar surface area (TPSA) is 115 Å². The van der Waals surface area contributed by atoms with Crippen LogP contribution in [0, 0.1) is 0 Å². The van der Waals surface area contributed by atoms with Crippen LogP contribution in [0.4, 0.5) is 11.4 Å². The number of hydrogen-bond donors (Lipinski definition) is 3. The second-order valence-electron chi connectivity index (χ2n) is 11.1. The maximum Gasteiger partial charge on any atom is 0.335 e. The number of hydrogen-bond acceptors (Lipinski definition) is 6. The smallest absolute Gasteiger partial charge is 0.335 e. The standard InChI is InChI=1S/C30H30N4O4/c1-17-25(27(36)34(33-17)20-12-13-22-23(15-20)30(4,5)16-29(22,2)3)32-31-24-11-7-10-21(26(24)35)18-8-6-9-19(14-18)28(37)38/h6-15,31,35H,16H2,1-5H3,(H,37,38)/b32-25-. The molecule has 0 radical (unpaired) electrons. The Morgan fingerprint density at radius 3 is 2.45 bits per heavy atom. The summed E-state index contributed by atoms with van der Waals surface area (Å²) in [7, 11) is 0. The third-order valence-electron chi connectivity index (χ3n) is 7.32. The molecule has 8 heteroatoms. The molecule has 1 aliphatic heterocycles. The fourth-order valence-electron chi connectivity index (χ4n) is 5.71. The first-order chi connectivity index (χ1) is 17.9. The lowest BCUT2D eigenvalue weighted by Gasteiger charge is -2.22. The lowest BCUT2D eigenvalue weighted by molar-refractivity contribution is -0.112. The van der Waals surface area contributed by atoms with Crippen LogP contribution in [0.2, 0.25) is 0 Å². The molecular formula is C30H30N4O4. The molecule has 5 rings (SSSR count). The third-order valence-corrected chi connectivity index (χ3v) is 7.32. The van der Waals surface area contributed by atoms with E-state index in [0.29, 0.717) is 22.5 Å². The number of carbonyl (C=O) groups is 2. The highest BCUT2D eigenvalue weighted by Gasteiger charge is 2.42. The number of phenolic OH excluding ortho intramolecular Hbond substituents is 1. The van der Waals surface area contributed by atoms with Crippen molar-refractivity contribution in [1.29, 1.82) is 0 Å². The van der Waals surface area contributed by atoms with Crippen LogP contribution in [-0.2, 0) is 15.6 Å². The zero-order valence-electron chi connectivity index (χ0n) is 22.0. The molecule has 0 aromatic heterocycles. The van der Waals surface area contributed by atoms with Crippen molar-refractivity contribution >= 4 is 34.7 Å². The molecule has 0 bridgehead atoms. The number of carboxylic acids is 1. The monoisotopic (exact) mass is 510 g/mol. The highest BCUT2D eigenvalue weighted by Crippen LogP contribution is 2.50. The van der Waals surface area contributed by atoms with E-state index in [1.165, 1.54) is 28.3 Å². The summed E-state index contributed by atoms with van der Waals surface area (Å²) < 4.78 is 0. The van der Waals surface area contributed by atoms with Crippen molar-refractivity contribution in [2.24, 2.45) is 10.2 Å². The van der Waals surface area contributed by atoms with Gasteiger partial charge in [0.2, 0.25) is 0 Å². The van der Waals surface area contributed by atoms with Crippen molar-refractivity contribution in [2.75, 3.05) is 10.4 Å². The van der Waals surface area contributed by atoms with Crippen molar-refractivity contribution in [3.05, 3.63) is 77.4 Å². The molecule has 1 heterocycles. The number of rotatable bonds is 5. The summed E-state index contributed by atoms with van der Waals surface area (Å²) in [5.41, 5.74) is 8.00. The van der Waals surface area contributed by atoms with E-state index in [1.54, 1.807) is 37.3 Å². The molecule has 3 N–H and O–H groups in total. The van der Waals surface area contributed by atoms with E-state index in [1.807, 2.05) is 6.07 Å². The summed E-state index contributed by atoms with van der Waals surface area (Å²) in [6.45, 7) is 10.6. The van der Waals surface area contributed by atoms with Gasteiger partial charge in [-0.15, -0.1) is 0 Å². The van der Waals surface area contributed by atoms with Crippen LogP contribution < -0.4 is 10.4 Å². The molecule has 1 amide bonds. The van der Waals surface area contributed by atoms with Gasteiger partial charge < -0.3 is 10.2 Å². The number of fused-ring (bicyclic) bond motifs is 1. The zero-order valence-corrected chi connectivity index (χ0v) is 22.0. The Morgan fingerprint density at radius 2 is 1.71 bits per heavy atom. The van der Waals surface area contributed by atoms with E-state index in [0.717, 1.165) is 6.42 Å². The number of nitrogens with zero attached hydrogens (tertiary/aromatic N) is 3. The van der Waals surface area contributed by atoms with E-state index < -0.39 is 5.97 Å². The molecule has 3 aromatic carbocycles. The van der Waals surface area contributed by atoms with Gasteiger partial charge in [-0.3, -0.25) is 10.2 Å². The second kappa shape index (κ2) is 8.83. The molecule has 1 aliphatic carbocycles. The number of nitrogens with one attached hydrogen (secondary N) is 1. The molecule has 0 atom stereocenters. The minimum atomic E-state index is -1.05. The molecule has 0 unspecified atom stereocenters. The third kappa shape index (κ3) is 4.22. The number of phenols is 1. The van der Waals surface area contributed by atoms with Crippen molar-refractivity contribution in [3.63, 3.8) is 0 Å². The minimum Gasteiger partial charge on any atom is -0.505 e. The first-order valence-electron chi connectivity index (χ1n) is 12.4. The summed E-state index contributed by atoms with van der Waals surface area (Å²) in [6, 6.07) is 17.4. The predicted octanol–water partition coefficient (Wildman–Crippen LogP) is 5.91. The Hall–Kier alpha value is -4.46. The number of anilines is 2. The maximum absolute atomic E-state index is 13.3. The predicted molar refractivity (Wildman–Crippen MR) is 149 cm³/mol. The van der Waals surface area contributed by atoms with Crippen LogP contribution in [0.1, 0.15) is 62.5 Å². The van der Waals surface area contributed by atoms with Gasteiger partial charge in [0.1, 0.15) is 5.75 Å². The Bertz CT molecular complexity index is 1550. The lowest BCUT2D eigenvalue weighted by atomic mass is 9.82. The fraction of sp³-hybridized carbons (Fsp3) is 0.267. The van der Waals surface area contributed by atoms with Crippen molar-refractivity contribution in [2.45, 2.75) is 51.9 Å². The summed E-state index contributed by atoms with van der Waals surface area (Å²) in [6.07, 6.45) is 1.02. The van der Waals surface area contributed by atoms with Gasteiger partial charge in [-0.2, -0.15) is 15.2 Å². The van der Waals surface area contributed by atoms with E-state index >= 15 is 0 Å². The maximum atomic E-state index is 13.3. The van der Waals surface area contributed by atoms with Gasteiger partial charge in [-0.25, -0.2) is 4.79 Å². The van der Waals surface area contributed by atoms with Crippen LogP contribution in [0.5, 0.6) is 5.75 Å². The van der Waals surface area contributed by atoms with Crippen LogP contribution in [0.15, 0.2) is 70.9 Å². The first kappa shape index (κ1) is 25.2. The molecule has 8 nitrogen and oxygen atoms in total. The van der Waals surface area contributed by atoms with Crippen molar-refractivity contribution in [3.8, 4) is 16.9 Å². The minimum absolute atomic E-state index is 0.0125. The summed E-state index contributed by atoms with van der Waals surface area (Å²) in [4.78, 5) is 24.7. The average molecular weight is 511 g/mol. The number of aromatic hydroxyl groups is 1. The SMILES string of the molecule is CC1=NN(c2ccc3c(c2)C(C)(C)CC3(C)C)C(=O)/C1=N\Nc1cccc(-c2cccc(C(=O)O)c2)c1O. The van der Waals surface area contributed by atoms with Crippen LogP contribution in [0.25, 0.3) is 11.1 Å². The highest BCUT2D eigenvalue weighted by atomic mass is 16.4. The quantitative estimate of drug-likeness (QED) is 0.292. The van der Waals surface area contributed by atoms with E-state index in [-0.39, 0.29) is 39.4 Å². The molecule has 0 saturated heterocycles. The average Bonchev–Trinajstić information content (AvgIpc) is 3.25. The van der Waals surface area contributed by atoms with Gasteiger partial charge in [0.15, 0.2) is 5.71 Å². The van der Waals surface area contributed by atoms with Gasteiger partial charge in [0.05, 0.1) is 22.6 Å². The first-order valence-corrected chi connectivity index (χ1v) is 12.4. The van der Waals surface area contributed by atoms with Gasteiger partial charge in [0, 0.05) is 5.56 Å². The van der Waals surface area contributed by atoms with Gasteiger partial charge in [-0.05, 0) is 71.2 Å². The number of carboxylic acid groups (broad SMARTS) is 1. The number of aromatic carboxylic acids is 1. The molecule has 194 valence electrons. The zero-order chi connectivity index (χ0) is 27.4. The number of benzene rings is 3. The number of para-hydroxylation sites is 1. The number of carbonyl (C=O) groups excluding carboxylic acids is 1. The highest BCUT2D eigenvalue weighted by molar-refractivity contribution is 6.71. The van der Waals surface area contributed by atoms with Crippen molar-refractivity contribution < 1.29 is 19.8 Å². The normalized spacial score (nSPS) is 18.4. The Kier molecular flexibility index (Phi) is 5.86.